The first kappa shape index (κ1) is 16.0. The van der Waals surface area contributed by atoms with Gasteiger partial charge in [0.25, 0.3) is 5.56 Å². The van der Waals surface area contributed by atoms with E-state index in [0.717, 1.165) is 6.42 Å². The van der Waals surface area contributed by atoms with Crippen molar-refractivity contribution in [3.8, 4) is 0 Å². The number of fused-ring (bicyclic) bond motifs is 1. The number of imidazole rings is 1. The van der Waals surface area contributed by atoms with E-state index < -0.39 is 0 Å². The van der Waals surface area contributed by atoms with Crippen molar-refractivity contribution in [1.29, 1.82) is 0 Å². The quantitative estimate of drug-likeness (QED) is 0.631. The van der Waals surface area contributed by atoms with Gasteiger partial charge in [0.2, 0.25) is 0 Å². The lowest BCUT2D eigenvalue weighted by Gasteiger charge is -2.09. The highest BCUT2D eigenvalue weighted by atomic mass is 79.9. The maximum absolute atomic E-state index is 12.5. The summed E-state index contributed by atoms with van der Waals surface area (Å²) in [5, 5.41) is 9.23. The van der Waals surface area contributed by atoms with Gasteiger partial charge in [-0.05, 0) is 42.1 Å². The summed E-state index contributed by atoms with van der Waals surface area (Å²) in [6, 6.07) is 0. The Morgan fingerprint density at radius 2 is 1.90 bits per heavy atom. The van der Waals surface area contributed by atoms with Gasteiger partial charge in [-0.3, -0.25) is 13.9 Å². The Bertz CT molecular complexity index is 772. The summed E-state index contributed by atoms with van der Waals surface area (Å²) >= 11 is 3.27. The highest BCUT2D eigenvalue weighted by Crippen LogP contribution is 2.13. The lowest BCUT2D eigenvalue weighted by molar-refractivity contribution is 0.180. The van der Waals surface area contributed by atoms with Gasteiger partial charge in [0, 0.05) is 20.6 Å². The Labute approximate surface area is 130 Å². The fourth-order valence-electron chi connectivity index (χ4n) is 2.32. The molecule has 0 aliphatic heterocycles. The van der Waals surface area contributed by atoms with E-state index >= 15 is 0 Å². The largest absolute Gasteiger partial charge is 0.393 e. The van der Waals surface area contributed by atoms with Crippen LogP contribution in [0, 0.1) is 0 Å². The number of hydrogen-bond donors (Lipinski definition) is 1. The van der Waals surface area contributed by atoms with Crippen LogP contribution >= 0.6 is 15.9 Å². The van der Waals surface area contributed by atoms with Crippen molar-refractivity contribution in [3.63, 3.8) is 0 Å². The van der Waals surface area contributed by atoms with E-state index in [9.17, 15) is 14.7 Å². The summed E-state index contributed by atoms with van der Waals surface area (Å²) < 4.78 is 4.76. The van der Waals surface area contributed by atoms with Gasteiger partial charge in [-0.15, -0.1) is 0 Å². The minimum atomic E-state index is -0.366. The number of halogens is 1. The number of unbranched alkanes of at least 4 members (excludes halogenated alkanes) is 1. The maximum atomic E-state index is 12.5. The summed E-state index contributed by atoms with van der Waals surface area (Å²) in [6.07, 6.45) is 1.74. The highest BCUT2D eigenvalue weighted by molar-refractivity contribution is 9.10. The molecule has 116 valence electrons. The first-order valence-corrected chi connectivity index (χ1v) is 7.63. The average molecular weight is 359 g/mol. The van der Waals surface area contributed by atoms with Crippen LogP contribution in [0.15, 0.2) is 14.3 Å². The SMILES string of the molecule is CC(O)CCCCn1c(=O)c2c(nc(Br)n2C)n(C)c1=O. The third-order valence-corrected chi connectivity index (χ3v) is 4.27. The second-order valence-corrected chi connectivity index (χ2v) is 5.96. The molecule has 2 heterocycles. The molecule has 2 rings (SSSR count). The number of aliphatic hydroxyl groups excluding tert-OH is 1. The Hall–Kier alpha value is -1.41. The zero-order chi connectivity index (χ0) is 15.7. The molecule has 0 saturated carbocycles. The van der Waals surface area contributed by atoms with E-state index in [-0.39, 0.29) is 17.4 Å². The number of nitrogens with zero attached hydrogens (tertiary/aromatic N) is 4. The zero-order valence-corrected chi connectivity index (χ0v) is 13.9. The van der Waals surface area contributed by atoms with E-state index in [1.54, 1.807) is 25.6 Å². The average Bonchev–Trinajstić information content (AvgIpc) is 2.71. The first-order chi connectivity index (χ1) is 9.84. The molecule has 2 aromatic rings. The Morgan fingerprint density at radius 3 is 2.52 bits per heavy atom. The maximum Gasteiger partial charge on any atom is 0.332 e. The Balaban J connectivity index is 2.43. The van der Waals surface area contributed by atoms with Crippen molar-refractivity contribution in [2.45, 2.75) is 38.8 Å². The van der Waals surface area contributed by atoms with Crippen molar-refractivity contribution >= 4 is 27.1 Å². The molecule has 0 aliphatic rings. The first-order valence-electron chi connectivity index (χ1n) is 6.84. The lowest BCUT2D eigenvalue weighted by Crippen LogP contribution is -2.39. The molecule has 8 heteroatoms. The molecule has 2 aromatic heterocycles. The highest BCUT2D eigenvalue weighted by Gasteiger charge is 2.17. The molecule has 0 spiro atoms. The van der Waals surface area contributed by atoms with Crippen LogP contribution in [0.3, 0.4) is 0 Å². The summed E-state index contributed by atoms with van der Waals surface area (Å²) in [5.41, 5.74) is 0.0834. The predicted molar refractivity (Wildman–Crippen MR) is 83.4 cm³/mol. The zero-order valence-electron chi connectivity index (χ0n) is 12.3. The van der Waals surface area contributed by atoms with Gasteiger partial charge >= 0.3 is 5.69 Å². The van der Waals surface area contributed by atoms with Gasteiger partial charge in [-0.1, -0.05) is 0 Å². The van der Waals surface area contributed by atoms with E-state index in [1.807, 2.05) is 0 Å². The fourth-order valence-corrected chi connectivity index (χ4v) is 2.67. The van der Waals surface area contributed by atoms with Crippen LogP contribution in [0.1, 0.15) is 26.2 Å². The monoisotopic (exact) mass is 358 g/mol. The molecule has 0 aliphatic carbocycles. The molecule has 21 heavy (non-hydrogen) atoms. The van der Waals surface area contributed by atoms with E-state index in [2.05, 4.69) is 20.9 Å². The number of hydrogen-bond acceptors (Lipinski definition) is 4. The van der Waals surface area contributed by atoms with Gasteiger partial charge in [0.05, 0.1) is 6.10 Å². The topological polar surface area (TPSA) is 82.1 Å². The van der Waals surface area contributed by atoms with Crippen LogP contribution in [-0.4, -0.2) is 29.9 Å². The van der Waals surface area contributed by atoms with Crippen molar-refractivity contribution in [3.05, 3.63) is 25.6 Å². The van der Waals surface area contributed by atoms with E-state index in [0.29, 0.717) is 35.3 Å². The van der Waals surface area contributed by atoms with Crippen LogP contribution < -0.4 is 11.2 Å². The molecule has 0 amide bonds. The fraction of sp³-hybridized carbons (Fsp3) is 0.615. The van der Waals surface area contributed by atoms with Gasteiger partial charge in [-0.2, -0.15) is 0 Å². The summed E-state index contributed by atoms with van der Waals surface area (Å²) in [7, 11) is 3.33. The molecule has 0 saturated heterocycles. The molecule has 0 bridgehead atoms. The van der Waals surface area contributed by atoms with Crippen LogP contribution in [0.4, 0.5) is 0 Å². The normalized spacial score (nSPS) is 13.0. The lowest BCUT2D eigenvalue weighted by atomic mass is 10.2. The minimum absolute atomic E-state index is 0.328. The smallest absolute Gasteiger partial charge is 0.332 e. The second-order valence-electron chi connectivity index (χ2n) is 5.26. The summed E-state index contributed by atoms with van der Waals surface area (Å²) in [5.74, 6) is 0. The molecule has 1 unspecified atom stereocenters. The number of rotatable bonds is 5. The summed E-state index contributed by atoms with van der Waals surface area (Å²) in [4.78, 5) is 28.9. The number of aliphatic hydroxyl groups is 1. The van der Waals surface area contributed by atoms with Crippen molar-refractivity contribution < 1.29 is 5.11 Å². The predicted octanol–water partition coefficient (Wildman–Crippen LogP) is 0.747. The van der Waals surface area contributed by atoms with Crippen molar-refractivity contribution in [1.82, 2.24) is 18.7 Å². The standard InChI is InChI=1S/C13H19BrN4O3/c1-8(19)6-4-5-7-18-11(20)9-10(17(3)13(18)21)15-12(14)16(9)2/h8,19H,4-7H2,1-3H3. The molecular formula is C13H19BrN4O3. The molecule has 1 N–H and O–H groups in total. The van der Waals surface area contributed by atoms with Gasteiger partial charge in [0.1, 0.15) is 0 Å². The molecule has 0 aromatic carbocycles. The van der Waals surface area contributed by atoms with Crippen LogP contribution in [0.5, 0.6) is 0 Å². The minimum Gasteiger partial charge on any atom is -0.393 e. The van der Waals surface area contributed by atoms with Gasteiger partial charge in [-0.25, -0.2) is 9.78 Å². The van der Waals surface area contributed by atoms with Crippen LogP contribution in [0.25, 0.3) is 11.2 Å². The Morgan fingerprint density at radius 1 is 1.24 bits per heavy atom. The number of aryl methyl sites for hydroxylation is 2. The second kappa shape index (κ2) is 6.15. The molecule has 1 atom stereocenters. The van der Waals surface area contributed by atoms with Gasteiger partial charge < -0.3 is 9.67 Å². The Kier molecular flexibility index (Phi) is 4.67. The van der Waals surface area contributed by atoms with Gasteiger partial charge in [0.15, 0.2) is 15.9 Å². The van der Waals surface area contributed by atoms with Crippen LogP contribution in [-0.2, 0) is 20.6 Å². The molecular weight excluding hydrogens is 340 g/mol. The third kappa shape index (κ3) is 2.96. The number of aromatic nitrogens is 4. The summed E-state index contributed by atoms with van der Waals surface area (Å²) in [6.45, 7) is 2.07. The van der Waals surface area contributed by atoms with Crippen molar-refractivity contribution in [2.24, 2.45) is 14.1 Å². The molecule has 7 nitrogen and oxygen atoms in total. The van der Waals surface area contributed by atoms with E-state index in [1.165, 1.54) is 9.13 Å². The van der Waals surface area contributed by atoms with Crippen LogP contribution in [0.2, 0.25) is 0 Å². The molecule has 0 fully saturated rings. The molecule has 0 radical (unpaired) electrons. The third-order valence-electron chi connectivity index (χ3n) is 3.56. The van der Waals surface area contributed by atoms with Crippen molar-refractivity contribution in [2.75, 3.05) is 0 Å². The van der Waals surface area contributed by atoms with E-state index in [4.69, 9.17) is 0 Å².